The molecule has 0 aromatic heterocycles. The number of carbonyl (C=O) groups excluding carboxylic acids is 1. The molecule has 0 aromatic carbocycles. The Morgan fingerprint density at radius 3 is 2.56 bits per heavy atom. The highest BCUT2D eigenvalue weighted by Gasteiger charge is 2.28. The Kier molecular flexibility index (Phi) is 4.23. The zero-order valence-corrected chi connectivity index (χ0v) is 10.2. The Morgan fingerprint density at radius 1 is 1.50 bits per heavy atom. The number of carboxylic acids is 1. The van der Waals surface area contributed by atoms with E-state index < -0.39 is 17.8 Å². The highest BCUT2D eigenvalue weighted by molar-refractivity contribution is 8.14. The second kappa shape index (κ2) is 5.25. The van der Waals surface area contributed by atoms with Crippen molar-refractivity contribution in [3.8, 4) is 0 Å². The van der Waals surface area contributed by atoms with Crippen molar-refractivity contribution in [3.05, 3.63) is 0 Å². The molecule has 0 radical (unpaired) electrons. The van der Waals surface area contributed by atoms with Crippen molar-refractivity contribution in [2.75, 3.05) is 0 Å². The second-order valence-electron chi connectivity index (χ2n) is 3.80. The van der Waals surface area contributed by atoms with Crippen LogP contribution in [0.1, 0.15) is 27.2 Å². The Hall–Kier alpha value is -1.17. The van der Waals surface area contributed by atoms with Gasteiger partial charge >= 0.3 is 5.97 Å². The van der Waals surface area contributed by atoms with Gasteiger partial charge in [0.2, 0.25) is 0 Å². The van der Waals surface area contributed by atoms with Crippen LogP contribution in [0.15, 0.2) is 9.98 Å². The predicted molar refractivity (Wildman–Crippen MR) is 64.0 cm³/mol. The number of hydrogen-bond donors (Lipinski definition) is 1. The third-order valence-electron chi connectivity index (χ3n) is 2.00. The molecule has 0 aromatic rings. The van der Waals surface area contributed by atoms with Crippen molar-refractivity contribution in [2.24, 2.45) is 15.9 Å². The van der Waals surface area contributed by atoms with Crippen LogP contribution in [-0.2, 0) is 9.59 Å². The number of rotatable bonds is 3. The molecular formula is C10H14N2O3S. The van der Waals surface area contributed by atoms with Gasteiger partial charge in [-0.05, 0) is 6.92 Å². The number of hydrogen-bond acceptors (Lipinski definition) is 4. The van der Waals surface area contributed by atoms with Gasteiger partial charge in [0.15, 0.2) is 5.17 Å². The van der Waals surface area contributed by atoms with E-state index in [-0.39, 0.29) is 6.42 Å². The molecule has 1 heterocycles. The molecule has 0 aliphatic carbocycles. The molecule has 1 rings (SSSR count). The fourth-order valence-corrected chi connectivity index (χ4v) is 2.04. The summed E-state index contributed by atoms with van der Waals surface area (Å²) in [6.45, 7) is 5.62. The minimum Gasteiger partial charge on any atom is -0.481 e. The predicted octanol–water partition coefficient (Wildman–Crippen LogP) is 1.58. The van der Waals surface area contributed by atoms with Crippen LogP contribution in [0.5, 0.6) is 0 Å². The Balaban J connectivity index is 2.80. The van der Waals surface area contributed by atoms with E-state index in [1.54, 1.807) is 6.92 Å². The zero-order chi connectivity index (χ0) is 12.3. The van der Waals surface area contributed by atoms with E-state index in [4.69, 9.17) is 5.11 Å². The van der Waals surface area contributed by atoms with Crippen LogP contribution < -0.4 is 0 Å². The summed E-state index contributed by atoms with van der Waals surface area (Å²) >= 11 is 1.40. The molecule has 0 fully saturated rings. The lowest BCUT2D eigenvalue weighted by Crippen LogP contribution is -2.28. The maximum absolute atomic E-state index is 11.6. The molecule has 0 saturated carbocycles. The van der Waals surface area contributed by atoms with Crippen molar-refractivity contribution < 1.29 is 14.7 Å². The van der Waals surface area contributed by atoms with Crippen LogP contribution in [0, 0.1) is 5.92 Å². The molecule has 1 atom stereocenters. The van der Waals surface area contributed by atoms with Crippen molar-refractivity contribution in [1.82, 2.24) is 0 Å². The topological polar surface area (TPSA) is 79.1 Å². The van der Waals surface area contributed by atoms with Gasteiger partial charge in [0.1, 0.15) is 0 Å². The van der Waals surface area contributed by atoms with E-state index in [0.29, 0.717) is 16.1 Å². The van der Waals surface area contributed by atoms with Gasteiger partial charge in [-0.1, -0.05) is 25.6 Å². The lowest BCUT2D eigenvalue weighted by molar-refractivity contribution is -0.139. The molecule has 6 heteroatoms. The Bertz CT molecular complexity index is 374. The van der Waals surface area contributed by atoms with Crippen molar-refractivity contribution in [3.63, 3.8) is 0 Å². The monoisotopic (exact) mass is 242 g/mol. The quantitative estimate of drug-likeness (QED) is 0.814. The summed E-state index contributed by atoms with van der Waals surface area (Å²) in [6.07, 6.45) is -0.239. The number of thioether (sulfide) groups is 1. The summed E-state index contributed by atoms with van der Waals surface area (Å²) in [6, 6.07) is 0. The highest BCUT2D eigenvalue weighted by atomic mass is 32.2. The minimum atomic E-state index is -1.01. The van der Waals surface area contributed by atoms with Gasteiger partial charge in [-0.2, -0.15) is 4.99 Å². The van der Waals surface area contributed by atoms with Crippen LogP contribution in [-0.4, -0.2) is 33.1 Å². The van der Waals surface area contributed by atoms with E-state index >= 15 is 0 Å². The van der Waals surface area contributed by atoms with Gasteiger partial charge in [-0.25, -0.2) is 4.99 Å². The average molecular weight is 242 g/mol. The third kappa shape index (κ3) is 3.44. The number of carbonyl (C=O) groups is 2. The number of nitrogens with zero attached hydrogens (tertiary/aromatic N) is 2. The summed E-state index contributed by atoms with van der Waals surface area (Å²) in [5.41, 5.74) is 0.533. The number of aliphatic carboxylic acids is 1. The fourth-order valence-electron chi connectivity index (χ4n) is 1.28. The first kappa shape index (κ1) is 12.9. The molecule has 1 aliphatic rings. The van der Waals surface area contributed by atoms with Crippen LogP contribution in [0.4, 0.5) is 0 Å². The number of amidine groups is 1. The first-order valence-corrected chi connectivity index (χ1v) is 5.84. The second-order valence-corrected chi connectivity index (χ2v) is 5.35. The maximum atomic E-state index is 11.6. The number of amides is 1. The largest absolute Gasteiger partial charge is 0.481 e. The first-order chi connectivity index (χ1) is 7.40. The van der Waals surface area contributed by atoms with Crippen LogP contribution in [0.3, 0.4) is 0 Å². The lowest BCUT2D eigenvalue weighted by Gasteiger charge is -2.16. The normalized spacial score (nSPS) is 20.8. The summed E-state index contributed by atoms with van der Waals surface area (Å²) in [4.78, 5) is 30.1. The minimum absolute atomic E-state index is 0.239. The summed E-state index contributed by atoms with van der Waals surface area (Å²) < 4.78 is 0. The summed E-state index contributed by atoms with van der Waals surface area (Å²) in [5, 5.41) is 9.37. The maximum Gasteiger partial charge on any atom is 0.304 e. The van der Waals surface area contributed by atoms with Gasteiger partial charge in [0.25, 0.3) is 5.91 Å². The SMILES string of the molecule is CC1=NC(SC(C)C)=NC(=O)C1CC(=O)O. The zero-order valence-electron chi connectivity index (χ0n) is 9.43. The van der Waals surface area contributed by atoms with Crippen molar-refractivity contribution in [1.29, 1.82) is 0 Å². The standard InChI is InChI=1S/C10H14N2O3S/c1-5(2)16-10-11-6(3)7(4-8(13)14)9(15)12-10/h5,7H,4H2,1-3H3,(H,13,14). The van der Waals surface area contributed by atoms with E-state index in [0.717, 1.165) is 0 Å². The van der Waals surface area contributed by atoms with Crippen LogP contribution in [0.2, 0.25) is 0 Å². The van der Waals surface area contributed by atoms with E-state index in [9.17, 15) is 9.59 Å². The van der Waals surface area contributed by atoms with Crippen molar-refractivity contribution in [2.45, 2.75) is 32.4 Å². The summed E-state index contributed by atoms with van der Waals surface area (Å²) in [5.74, 6) is -2.12. The van der Waals surface area contributed by atoms with Crippen LogP contribution >= 0.6 is 11.8 Å². The molecule has 1 unspecified atom stereocenters. The molecular weight excluding hydrogens is 228 g/mol. The lowest BCUT2D eigenvalue weighted by atomic mass is 9.99. The van der Waals surface area contributed by atoms with E-state index in [1.165, 1.54) is 11.8 Å². The molecule has 16 heavy (non-hydrogen) atoms. The molecule has 1 N–H and O–H groups in total. The Labute approximate surface area is 98.0 Å². The molecule has 5 nitrogen and oxygen atoms in total. The number of carboxylic acid groups (broad SMARTS) is 1. The van der Waals surface area contributed by atoms with Gasteiger partial charge in [0.05, 0.1) is 12.3 Å². The van der Waals surface area contributed by atoms with Gasteiger partial charge in [-0.3, -0.25) is 9.59 Å². The van der Waals surface area contributed by atoms with Gasteiger partial charge in [0, 0.05) is 11.0 Å². The van der Waals surface area contributed by atoms with Gasteiger partial charge < -0.3 is 5.11 Å². The van der Waals surface area contributed by atoms with E-state index in [1.807, 2.05) is 13.8 Å². The average Bonchev–Trinajstić information content (AvgIpc) is 2.10. The van der Waals surface area contributed by atoms with E-state index in [2.05, 4.69) is 9.98 Å². The first-order valence-electron chi connectivity index (χ1n) is 4.96. The fraction of sp³-hybridized carbons (Fsp3) is 0.600. The molecule has 0 bridgehead atoms. The smallest absolute Gasteiger partial charge is 0.304 e. The molecule has 0 saturated heterocycles. The van der Waals surface area contributed by atoms with Crippen LogP contribution in [0.25, 0.3) is 0 Å². The Morgan fingerprint density at radius 2 is 2.12 bits per heavy atom. The van der Waals surface area contributed by atoms with Crippen molar-refractivity contribution >= 4 is 34.5 Å². The summed E-state index contributed by atoms with van der Waals surface area (Å²) in [7, 11) is 0. The number of aliphatic imine (C=N–C) groups is 2. The van der Waals surface area contributed by atoms with Gasteiger partial charge in [-0.15, -0.1) is 0 Å². The molecule has 1 amide bonds. The molecule has 0 spiro atoms. The third-order valence-corrected chi connectivity index (χ3v) is 2.86. The highest BCUT2D eigenvalue weighted by Crippen LogP contribution is 2.21. The molecule has 1 aliphatic heterocycles. The molecule has 88 valence electrons.